The van der Waals surface area contributed by atoms with Crippen LogP contribution in [-0.2, 0) is 0 Å². The Kier molecular flexibility index (Phi) is 3.37. The van der Waals surface area contributed by atoms with Crippen molar-refractivity contribution in [2.24, 2.45) is 0 Å². The molecule has 0 aromatic carbocycles. The summed E-state index contributed by atoms with van der Waals surface area (Å²) in [5, 5.41) is 3.88. The van der Waals surface area contributed by atoms with Crippen LogP contribution in [0.3, 0.4) is 0 Å². The summed E-state index contributed by atoms with van der Waals surface area (Å²) < 4.78 is 5.28. The monoisotopic (exact) mass is 287 g/mol. The Morgan fingerprint density at radius 2 is 2.24 bits per heavy atom. The van der Waals surface area contributed by atoms with Gasteiger partial charge < -0.3 is 14.4 Å². The fraction of sp³-hybridized carbons (Fsp3) is 0.400. The Bertz CT molecular complexity index is 732. The van der Waals surface area contributed by atoms with E-state index >= 15 is 0 Å². The predicted octanol–water partition coefficient (Wildman–Crippen LogP) is 1.96. The van der Waals surface area contributed by atoms with Crippen molar-refractivity contribution in [1.29, 1.82) is 0 Å². The number of H-pyrrole nitrogens is 1. The van der Waals surface area contributed by atoms with Crippen molar-refractivity contribution in [2.45, 2.75) is 32.7 Å². The third-order valence-corrected chi connectivity index (χ3v) is 3.77. The molecule has 0 saturated carbocycles. The van der Waals surface area contributed by atoms with Crippen LogP contribution >= 0.6 is 0 Å². The molecule has 2 aromatic heterocycles. The molecule has 1 saturated heterocycles. The molecule has 0 bridgehead atoms. The second-order valence-corrected chi connectivity index (χ2v) is 5.41. The van der Waals surface area contributed by atoms with Gasteiger partial charge in [-0.05, 0) is 38.8 Å². The molecule has 3 rings (SSSR count). The van der Waals surface area contributed by atoms with Gasteiger partial charge in [0.1, 0.15) is 5.56 Å². The lowest BCUT2D eigenvalue weighted by Gasteiger charge is -2.22. The Morgan fingerprint density at radius 3 is 2.90 bits per heavy atom. The molecule has 1 N–H and O–H groups in total. The summed E-state index contributed by atoms with van der Waals surface area (Å²) in [4.78, 5) is 28.9. The molecular formula is C15H17N3O3. The normalized spacial score (nSPS) is 18.2. The van der Waals surface area contributed by atoms with E-state index in [4.69, 9.17) is 4.52 Å². The zero-order valence-electron chi connectivity index (χ0n) is 12.0. The number of aromatic nitrogens is 2. The molecular weight excluding hydrogens is 270 g/mol. The average molecular weight is 287 g/mol. The van der Waals surface area contributed by atoms with Gasteiger partial charge in [-0.2, -0.15) is 0 Å². The van der Waals surface area contributed by atoms with E-state index in [0.717, 1.165) is 24.2 Å². The van der Waals surface area contributed by atoms with Crippen molar-refractivity contribution in [3.8, 4) is 0 Å². The summed E-state index contributed by atoms with van der Waals surface area (Å²) in [5.41, 5.74) is 1.35. The lowest BCUT2D eigenvalue weighted by atomic mass is 10.1. The lowest BCUT2D eigenvalue weighted by molar-refractivity contribution is 0.0712. The molecule has 0 aliphatic carbocycles. The third kappa shape index (κ3) is 2.49. The van der Waals surface area contributed by atoms with Gasteiger partial charge in [0, 0.05) is 18.3 Å². The minimum Gasteiger partial charge on any atom is -0.359 e. The van der Waals surface area contributed by atoms with Crippen LogP contribution in [0.25, 0.3) is 0 Å². The van der Waals surface area contributed by atoms with Gasteiger partial charge >= 0.3 is 0 Å². The highest BCUT2D eigenvalue weighted by atomic mass is 16.5. The SMILES string of the molecule is Cc1cc(C2CCCN2C(=O)c2ccc(C)[nH]c2=O)on1. The number of amides is 1. The highest BCUT2D eigenvalue weighted by Gasteiger charge is 2.34. The average Bonchev–Trinajstić information content (AvgIpc) is 3.06. The molecule has 0 radical (unpaired) electrons. The van der Waals surface area contributed by atoms with E-state index < -0.39 is 0 Å². The molecule has 6 nitrogen and oxygen atoms in total. The summed E-state index contributed by atoms with van der Waals surface area (Å²) in [6.07, 6.45) is 1.71. The first-order chi connectivity index (χ1) is 10.1. The standard InChI is InChI=1S/C15H17N3O3/c1-9-5-6-11(14(19)16-9)15(20)18-7-3-4-12(18)13-8-10(2)17-21-13/h5-6,8,12H,3-4,7H2,1-2H3,(H,16,19). The van der Waals surface area contributed by atoms with E-state index in [1.165, 1.54) is 0 Å². The number of pyridine rings is 1. The molecule has 110 valence electrons. The summed E-state index contributed by atoms with van der Waals surface area (Å²) in [6.45, 7) is 4.25. The lowest BCUT2D eigenvalue weighted by Crippen LogP contribution is -2.34. The molecule has 0 spiro atoms. The first-order valence-corrected chi connectivity index (χ1v) is 7.00. The number of nitrogens with one attached hydrogen (secondary N) is 1. The van der Waals surface area contributed by atoms with Crippen molar-refractivity contribution in [3.05, 3.63) is 51.3 Å². The summed E-state index contributed by atoms with van der Waals surface area (Å²) in [7, 11) is 0. The van der Waals surface area contributed by atoms with Crippen LogP contribution in [0.5, 0.6) is 0 Å². The third-order valence-electron chi connectivity index (χ3n) is 3.77. The van der Waals surface area contributed by atoms with Crippen molar-refractivity contribution in [2.75, 3.05) is 6.54 Å². The molecule has 3 heterocycles. The van der Waals surface area contributed by atoms with Gasteiger partial charge in [0.15, 0.2) is 5.76 Å². The van der Waals surface area contributed by atoms with E-state index in [0.29, 0.717) is 12.3 Å². The molecule has 21 heavy (non-hydrogen) atoms. The highest BCUT2D eigenvalue weighted by Crippen LogP contribution is 2.33. The summed E-state index contributed by atoms with van der Waals surface area (Å²) in [5.74, 6) is 0.426. The maximum Gasteiger partial charge on any atom is 0.260 e. The predicted molar refractivity (Wildman–Crippen MR) is 76.1 cm³/mol. The topological polar surface area (TPSA) is 79.2 Å². The van der Waals surface area contributed by atoms with Crippen LogP contribution in [0.2, 0.25) is 0 Å². The molecule has 1 aliphatic heterocycles. The number of aryl methyl sites for hydroxylation is 2. The van der Waals surface area contributed by atoms with Gasteiger partial charge in [-0.3, -0.25) is 9.59 Å². The number of carbonyl (C=O) groups is 1. The van der Waals surface area contributed by atoms with Gasteiger partial charge in [0.25, 0.3) is 11.5 Å². The smallest absolute Gasteiger partial charge is 0.260 e. The Hall–Kier alpha value is -2.37. The van der Waals surface area contributed by atoms with Crippen LogP contribution < -0.4 is 5.56 Å². The summed E-state index contributed by atoms with van der Waals surface area (Å²) in [6, 6.07) is 5.02. The molecule has 1 atom stereocenters. The van der Waals surface area contributed by atoms with E-state index in [9.17, 15) is 9.59 Å². The zero-order valence-corrected chi connectivity index (χ0v) is 12.0. The Balaban J connectivity index is 1.91. The maximum absolute atomic E-state index is 12.6. The van der Waals surface area contributed by atoms with Gasteiger partial charge in [0.05, 0.1) is 11.7 Å². The van der Waals surface area contributed by atoms with E-state index in [1.54, 1.807) is 24.0 Å². The largest absolute Gasteiger partial charge is 0.359 e. The second kappa shape index (κ2) is 5.20. The van der Waals surface area contributed by atoms with Crippen LogP contribution in [0.15, 0.2) is 27.5 Å². The fourth-order valence-corrected chi connectivity index (χ4v) is 2.74. The number of carbonyl (C=O) groups excluding carboxylic acids is 1. The first-order valence-electron chi connectivity index (χ1n) is 7.00. The number of aromatic amines is 1. The quantitative estimate of drug-likeness (QED) is 0.915. The van der Waals surface area contributed by atoms with Crippen LogP contribution in [0.4, 0.5) is 0 Å². The molecule has 1 amide bonds. The van der Waals surface area contributed by atoms with Gasteiger partial charge in [-0.15, -0.1) is 0 Å². The van der Waals surface area contributed by atoms with E-state index in [-0.39, 0.29) is 23.1 Å². The zero-order chi connectivity index (χ0) is 15.0. The number of likely N-dealkylation sites (tertiary alicyclic amines) is 1. The van der Waals surface area contributed by atoms with Crippen LogP contribution in [0.1, 0.15) is 46.4 Å². The van der Waals surface area contributed by atoms with Crippen molar-refractivity contribution in [3.63, 3.8) is 0 Å². The number of hydrogen-bond donors (Lipinski definition) is 1. The second-order valence-electron chi connectivity index (χ2n) is 5.41. The minimum atomic E-state index is -0.348. The van der Waals surface area contributed by atoms with Crippen LogP contribution in [0, 0.1) is 13.8 Å². The Labute approximate surface area is 121 Å². The number of rotatable bonds is 2. The molecule has 1 aliphatic rings. The van der Waals surface area contributed by atoms with Gasteiger partial charge in [0.2, 0.25) is 0 Å². The van der Waals surface area contributed by atoms with Crippen molar-refractivity contribution >= 4 is 5.91 Å². The van der Waals surface area contributed by atoms with Gasteiger partial charge in [-0.25, -0.2) is 0 Å². The van der Waals surface area contributed by atoms with Crippen molar-refractivity contribution < 1.29 is 9.32 Å². The first kappa shape index (κ1) is 13.6. The van der Waals surface area contributed by atoms with Crippen molar-refractivity contribution in [1.82, 2.24) is 15.0 Å². The van der Waals surface area contributed by atoms with Gasteiger partial charge in [-0.1, -0.05) is 5.16 Å². The van der Waals surface area contributed by atoms with E-state index in [2.05, 4.69) is 10.1 Å². The maximum atomic E-state index is 12.6. The fourth-order valence-electron chi connectivity index (χ4n) is 2.74. The molecule has 2 aromatic rings. The minimum absolute atomic E-state index is 0.139. The number of nitrogens with zero attached hydrogens (tertiary/aromatic N) is 2. The number of hydrogen-bond acceptors (Lipinski definition) is 4. The molecule has 1 fully saturated rings. The molecule has 6 heteroatoms. The van der Waals surface area contributed by atoms with E-state index in [1.807, 2.05) is 13.0 Å². The Morgan fingerprint density at radius 1 is 1.43 bits per heavy atom. The molecule has 1 unspecified atom stereocenters. The van der Waals surface area contributed by atoms with Crippen LogP contribution in [-0.4, -0.2) is 27.5 Å². The highest BCUT2D eigenvalue weighted by molar-refractivity contribution is 5.94. The summed E-state index contributed by atoms with van der Waals surface area (Å²) >= 11 is 0.